The Balaban J connectivity index is 2.02. The van der Waals surface area contributed by atoms with E-state index in [0.717, 1.165) is 55.0 Å². The van der Waals surface area contributed by atoms with E-state index in [1.165, 1.54) is 4.90 Å². The highest BCUT2D eigenvalue weighted by Crippen LogP contribution is 2.23. The van der Waals surface area contributed by atoms with Crippen LogP contribution < -0.4 is 4.90 Å². The molecule has 0 unspecified atom stereocenters. The number of para-hydroxylation sites is 1. The molecule has 0 saturated carbocycles. The zero-order valence-corrected chi connectivity index (χ0v) is 11.1. The Bertz CT molecular complexity index is 633. The van der Waals surface area contributed by atoms with Gasteiger partial charge in [0.1, 0.15) is 25.7 Å². The van der Waals surface area contributed by atoms with E-state index < -0.39 is 0 Å². The van der Waals surface area contributed by atoms with Gasteiger partial charge in [0.05, 0.1) is 24.5 Å². The van der Waals surface area contributed by atoms with Crippen LogP contribution in [0.15, 0.2) is 24.3 Å². The monoisotopic (exact) mass is 256 g/mol. The van der Waals surface area contributed by atoms with E-state index >= 15 is 0 Å². The van der Waals surface area contributed by atoms with Crippen LogP contribution in [0.5, 0.6) is 0 Å². The molecule has 0 spiro atoms. The van der Waals surface area contributed by atoms with Crippen molar-refractivity contribution in [3.63, 3.8) is 0 Å². The first-order valence-corrected chi connectivity index (χ1v) is 6.69. The number of aryl methyl sites for hydroxylation is 1. The van der Waals surface area contributed by atoms with Gasteiger partial charge in [-0.3, -0.25) is 0 Å². The topological polar surface area (TPSA) is 42.4 Å². The van der Waals surface area contributed by atoms with Crippen LogP contribution in [0.25, 0.3) is 10.9 Å². The number of rotatable bonds is 2. The molecule has 2 aromatic rings. The van der Waals surface area contributed by atoms with Gasteiger partial charge in [-0.2, -0.15) is 5.26 Å². The van der Waals surface area contributed by atoms with Gasteiger partial charge in [0.15, 0.2) is 0 Å². The zero-order valence-electron chi connectivity index (χ0n) is 11.1. The summed E-state index contributed by atoms with van der Waals surface area (Å²) in [5.41, 5.74) is 3.11. The number of morpholine rings is 1. The van der Waals surface area contributed by atoms with Crippen LogP contribution in [0.3, 0.4) is 0 Å². The molecule has 0 aliphatic carbocycles. The minimum absolute atomic E-state index is 0.821. The second-order valence-corrected chi connectivity index (χ2v) is 5.05. The van der Waals surface area contributed by atoms with Crippen molar-refractivity contribution < 1.29 is 9.64 Å². The summed E-state index contributed by atoms with van der Waals surface area (Å²) < 4.78 is 7.55. The Kier molecular flexibility index (Phi) is 3.24. The van der Waals surface area contributed by atoms with E-state index in [2.05, 4.69) is 23.8 Å². The molecular formula is C15H18N3O+. The number of aromatic nitrogens is 1. The molecule has 1 fully saturated rings. The molecule has 4 heteroatoms. The molecular weight excluding hydrogens is 238 g/mol. The van der Waals surface area contributed by atoms with Gasteiger partial charge in [0.2, 0.25) is 0 Å². The van der Waals surface area contributed by atoms with E-state index in [0.29, 0.717) is 0 Å². The summed E-state index contributed by atoms with van der Waals surface area (Å²) in [4.78, 5) is 1.49. The highest BCUT2D eigenvalue weighted by Gasteiger charge is 2.21. The summed E-state index contributed by atoms with van der Waals surface area (Å²) in [5, 5.41) is 10.5. The number of nitrogens with zero attached hydrogens (tertiary/aromatic N) is 2. The van der Waals surface area contributed by atoms with Crippen LogP contribution >= 0.6 is 0 Å². The summed E-state index contributed by atoms with van der Waals surface area (Å²) in [6.07, 6.45) is 0. The first-order valence-electron chi connectivity index (χ1n) is 6.69. The summed E-state index contributed by atoms with van der Waals surface area (Å²) in [7, 11) is 2.05. The molecule has 19 heavy (non-hydrogen) atoms. The number of benzene rings is 1. The number of hydrogen-bond acceptors (Lipinski definition) is 2. The Labute approximate surface area is 112 Å². The largest absolute Gasteiger partial charge is 0.370 e. The molecule has 1 aromatic heterocycles. The van der Waals surface area contributed by atoms with E-state index in [1.54, 1.807) is 0 Å². The predicted molar refractivity (Wildman–Crippen MR) is 72.9 cm³/mol. The van der Waals surface area contributed by atoms with E-state index in [9.17, 15) is 5.26 Å². The highest BCUT2D eigenvalue weighted by atomic mass is 16.5. The first-order chi connectivity index (χ1) is 9.31. The van der Waals surface area contributed by atoms with Crippen molar-refractivity contribution >= 4 is 10.9 Å². The van der Waals surface area contributed by atoms with Crippen LogP contribution in [0.1, 0.15) is 11.3 Å². The predicted octanol–water partition coefficient (Wildman–Crippen LogP) is 0.465. The molecule has 1 aliphatic rings. The van der Waals surface area contributed by atoms with Crippen molar-refractivity contribution in [3.05, 3.63) is 35.5 Å². The molecule has 0 amide bonds. The lowest BCUT2D eigenvalue weighted by molar-refractivity contribution is -0.921. The van der Waals surface area contributed by atoms with E-state index in [1.807, 2.05) is 18.2 Å². The van der Waals surface area contributed by atoms with Gasteiger partial charge >= 0.3 is 0 Å². The Hall–Kier alpha value is -1.83. The van der Waals surface area contributed by atoms with Crippen molar-refractivity contribution in [1.29, 1.82) is 5.26 Å². The average molecular weight is 256 g/mol. The molecule has 1 aliphatic heterocycles. The lowest BCUT2D eigenvalue weighted by Gasteiger charge is -2.24. The van der Waals surface area contributed by atoms with Gasteiger partial charge in [-0.1, -0.05) is 18.2 Å². The molecule has 1 aromatic carbocycles. The summed E-state index contributed by atoms with van der Waals surface area (Å²) in [6, 6.07) is 10.5. The lowest BCUT2D eigenvalue weighted by Crippen LogP contribution is -3.12. The third-order valence-electron chi connectivity index (χ3n) is 3.96. The smallest absolute Gasteiger partial charge is 0.120 e. The Morgan fingerprint density at radius 3 is 2.79 bits per heavy atom. The van der Waals surface area contributed by atoms with Gasteiger partial charge in [-0.05, 0) is 6.07 Å². The number of fused-ring (bicyclic) bond motifs is 1. The molecule has 0 radical (unpaired) electrons. The number of ether oxygens (including phenoxy) is 1. The third-order valence-corrected chi connectivity index (χ3v) is 3.96. The third kappa shape index (κ3) is 2.12. The molecule has 0 bridgehead atoms. The SMILES string of the molecule is Cn1c(C[NH+]2CCOCC2)c(C#N)c2ccccc21. The molecule has 4 nitrogen and oxygen atoms in total. The fraction of sp³-hybridized carbons (Fsp3) is 0.400. The normalized spacial score (nSPS) is 16.6. The second kappa shape index (κ2) is 5.04. The maximum atomic E-state index is 9.46. The maximum Gasteiger partial charge on any atom is 0.120 e. The number of nitrogens with one attached hydrogen (secondary N) is 1. The lowest BCUT2D eigenvalue weighted by atomic mass is 10.1. The Morgan fingerprint density at radius 2 is 2.05 bits per heavy atom. The van der Waals surface area contributed by atoms with Crippen molar-refractivity contribution in [2.75, 3.05) is 26.3 Å². The summed E-state index contributed by atoms with van der Waals surface area (Å²) in [6.45, 7) is 4.58. The summed E-state index contributed by atoms with van der Waals surface area (Å²) in [5.74, 6) is 0. The van der Waals surface area contributed by atoms with Crippen LogP contribution in [-0.4, -0.2) is 30.9 Å². The molecule has 0 atom stereocenters. The van der Waals surface area contributed by atoms with Crippen LogP contribution in [0.2, 0.25) is 0 Å². The van der Waals surface area contributed by atoms with Crippen LogP contribution in [0, 0.1) is 11.3 Å². The molecule has 3 rings (SSSR count). The fourth-order valence-electron chi connectivity index (χ4n) is 2.85. The van der Waals surface area contributed by atoms with Gasteiger partial charge in [0.25, 0.3) is 0 Å². The van der Waals surface area contributed by atoms with Crippen LogP contribution in [-0.2, 0) is 18.3 Å². The molecule has 2 heterocycles. The fourth-order valence-corrected chi connectivity index (χ4v) is 2.85. The Morgan fingerprint density at radius 1 is 1.32 bits per heavy atom. The van der Waals surface area contributed by atoms with Gasteiger partial charge in [-0.15, -0.1) is 0 Å². The minimum Gasteiger partial charge on any atom is -0.370 e. The number of quaternary nitrogens is 1. The van der Waals surface area contributed by atoms with Gasteiger partial charge in [0, 0.05) is 18.0 Å². The van der Waals surface area contributed by atoms with Crippen LogP contribution in [0.4, 0.5) is 0 Å². The molecule has 1 N–H and O–H groups in total. The van der Waals surface area contributed by atoms with E-state index in [-0.39, 0.29) is 0 Å². The van der Waals surface area contributed by atoms with Gasteiger partial charge < -0.3 is 14.2 Å². The van der Waals surface area contributed by atoms with Crippen molar-refractivity contribution in [2.24, 2.45) is 7.05 Å². The first kappa shape index (κ1) is 12.2. The van der Waals surface area contributed by atoms with Crippen molar-refractivity contribution in [3.8, 4) is 6.07 Å². The molecule has 1 saturated heterocycles. The highest BCUT2D eigenvalue weighted by molar-refractivity contribution is 5.87. The van der Waals surface area contributed by atoms with Gasteiger partial charge in [-0.25, -0.2) is 0 Å². The minimum atomic E-state index is 0.821. The average Bonchev–Trinajstić information content (AvgIpc) is 2.73. The maximum absolute atomic E-state index is 9.46. The number of nitriles is 1. The number of hydrogen-bond donors (Lipinski definition) is 1. The second-order valence-electron chi connectivity index (χ2n) is 5.05. The van der Waals surface area contributed by atoms with Crippen molar-refractivity contribution in [1.82, 2.24) is 4.57 Å². The zero-order chi connectivity index (χ0) is 13.2. The van der Waals surface area contributed by atoms with E-state index in [4.69, 9.17) is 4.74 Å². The quantitative estimate of drug-likeness (QED) is 0.848. The molecule has 98 valence electrons. The summed E-state index contributed by atoms with van der Waals surface area (Å²) >= 11 is 0. The standard InChI is InChI=1S/C15H17N3O/c1-17-14-5-3-2-4-12(14)13(10-16)15(17)11-18-6-8-19-9-7-18/h2-5H,6-9,11H2,1H3/p+1. The van der Waals surface area contributed by atoms with Crippen molar-refractivity contribution in [2.45, 2.75) is 6.54 Å².